The fourth-order valence-electron chi connectivity index (χ4n) is 3.54. The predicted octanol–water partition coefficient (Wildman–Crippen LogP) is 3.80. The molecule has 0 radical (unpaired) electrons. The minimum atomic E-state index is -0.399. The molecule has 0 saturated heterocycles. The van der Waals surface area contributed by atoms with E-state index in [2.05, 4.69) is 10.3 Å². The number of hydrogen-bond acceptors (Lipinski definition) is 8. The molecule has 0 aliphatic heterocycles. The number of fused-ring (bicyclic) bond motifs is 1. The third-order valence-electron chi connectivity index (χ3n) is 5.21. The van der Waals surface area contributed by atoms with Crippen LogP contribution in [0.3, 0.4) is 0 Å². The average Bonchev–Trinajstić information content (AvgIpc) is 3.30. The molecule has 2 aromatic carbocycles. The summed E-state index contributed by atoms with van der Waals surface area (Å²) in [5.74, 6) is 1.57. The van der Waals surface area contributed by atoms with Crippen LogP contribution in [0.25, 0.3) is 21.3 Å². The maximum absolute atomic E-state index is 13.0. The van der Waals surface area contributed by atoms with E-state index in [1.165, 1.54) is 43.6 Å². The molecule has 9 nitrogen and oxygen atoms in total. The van der Waals surface area contributed by atoms with Gasteiger partial charge in [0, 0.05) is 28.8 Å². The Hall–Kier alpha value is -4.05. The second-order valence-electron chi connectivity index (χ2n) is 7.20. The Morgan fingerprint density at radius 1 is 1.00 bits per heavy atom. The number of benzene rings is 2. The molecule has 0 spiro atoms. The highest BCUT2D eigenvalue weighted by Gasteiger charge is 2.17. The summed E-state index contributed by atoms with van der Waals surface area (Å²) in [4.78, 5) is 30.2. The summed E-state index contributed by atoms with van der Waals surface area (Å²) < 4.78 is 22.9. The normalized spacial score (nSPS) is 10.7. The van der Waals surface area contributed by atoms with E-state index in [0.29, 0.717) is 33.2 Å². The minimum Gasteiger partial charge on any atom is -0.497 e. The van der Waals surface area contributed by atoms with E-state index < -0.39 is 5.91 Å². The molecule has 0 bridgehead atoms. The SMILES string of the molecule is COc1ccc(-c2csc3c(=O)n(CC(=O)Nc4cc(OC)c(OC)c(OC)c4)cnc23)cc1. The van der Waals surface area contributed by atoms with Gasteiger partial charge in [-0.05, 0) is 17.7 Å². The van der Waals surface area contributed by atoms with Crippen molar-refractivity contribution in [1.82, 2.24) is 9.55 Å². The summed E-state index contributed by atoms with van der Waals surface area (Å²) in [5, 5.41) is 4.65. The van der Waals surface area contributed by atoms with E-state index in [0.717, 1.165) is 16.9 Å². The summed E-state index contributed by atoms with van der Waals surface area (Å²) in [6.07, 6.45) is 1.39. The molecule has 0 saturated carbocycles. The van der Waals surface area contributed by atoms with Crippen LogP contribution in [0.4, 0.5) is 5.69 Å². The zero-order valence-electron chi connectivity index (χ0n) is 19.1. The van der Waals surface area contributed by atoms with E-state index in [-0.39, 0.29) is 12.1 Å². The van der Waals surface area contributed by atoms with Gasteiger partial charge in [-0.2, -0.15) is 0 Å². The number of ether oxygens (including phenoxy) is 4. The third kappa shape index (κ3) is 4.40. The zero-order chi connectivity index (χ0) is 24.2. The number of methoxy groups -OCH3 is 4. The molecule has 1 N–H and O–H groups in total. The van der Waals surface area contributed by atoms with Gasteiger partial charge in [0.1, 0.15) is 17.0 Å². The van der Waals surface area contributed by atoms with Crippen molar-refractivity contribution >= 4 is 33.1 Å². The van der Waals surface area contributed by atoms with Crippen LogP contribution in [-0.4, -0.2) is 43.9 Å². The van der Waals surface area contributed by atoms with E-state index >= 15 is 0 Å². The first-order chi connectivity index (χ1) is 16.5. The molecular weight excluding hydrogens is 458 g/mol. The second-order valence-corrected chi connectivity index (χ2v) is 8.08. The molecule has 0 unspecified atom stereocenters. The molecule has 4 rings (SSSR count). The van der Waals surface area contributed by atoms with Crippen LogP contribution in [0.15, 0.2) is 52.9 Å². The first-order valence-electron chi connectivity index (χ1n) is 10.2. The van der Waals surface area contributed by atoms with Crippen molar-refractivity contribution in [2.45, 2.75) is 6.54 Å². The predicted molar refractivity (Wildman–Crippen MR) is 131 cm³/mol. The number of carbonyl (C=O) groups excluding carboxylic acids is 1. The Balaban J connectivity index is 1.57. The number of amides is 1. The summed E-state index contributed by atoms with van der Waals surface area (Å²) in [5.41, 5.74) is 2.54. The van der Waals surface area contributed by atoms with Gasteiger partial charge in [-0.3, -0.25) is 14.2 Å². The van der Waals surface area contributed by atoms with Gasteiger partial charge in [0.2, 0.25) is 11.7 Å². The van der Waals surface area contributed by atoms with Crippen LogP contribution < -0.4 is 29.8 Å². The molecule has 10 heteroatoms. The Morgan fingerprint density at radius 2 is 1.68 bits per heavy atom. The number of nitrogens with one attached hydrogen (secondary N) is 1. The average molecular weight is 482 g/mol. The van der Waals surface area contributed by atoms with Crippen molar-refractivity contribution in [2.75, 3.05) is 33.8 Å². The quantitative estimate of drug-likeness (QED) is 0.409. The maximum Gasteiger partial charge on any atom is 0.271 e. The topological polar surface area (TPSA) is 101 Å². The van der Waals surface area contributed by atoms with Crippen LogP contribution in [0.2, 0.25) is 0 Å². The lowest BCUT2D eigenvalue weighted by atomic mass is 10.1. The van der Waals surface area contributed by atoms with Gasteiger partial charge in [0.15, 0.2) is 11.5 Å². The summed E-state index contributed by atoms with van der Waals surface area (Å²) >= 11 is 1.30. The Labute approximate surface area is 199 Å². The molecule has 176 valence electrons. The number of hydrogen-bond donors (Lipinski definition) is 1. The highest BCUT2D eigenvalue weighted by Crippen LogP contribution is 2.40. The number of rotatable bonds is 8. The van der Waals surface area contributed by atoms with Crippen LogP contribution in [0.5, 0.6) is 23.0 Å². The van der Waals surface area contributed by atoms with E-state index in [1.54, 1.807) is 19.2 Å². The number of carbonyl (C=O) groups is 1. The van der Waals surface area contributed by atoms with E-state index in [1.807, 2.05) is 29.6 Å². The van der Waals surface area contributed by atoms with E-state index in [4.69, 9.17) is 18.9 Å². The first kappa shape index (κ1) is 23.1. The van der Waals surface area contributed by atoms with Crippen molar-refractivity contribution < 1.29 is 23.7 Å². The Kier molecular flexibility index (Phi) is 6.69. The molecule has 0 atom stereocenters. The molecular formula is C24H23N3O6S. The Bertz CT molecular complexity index is 1370. The second kappa shape index (κ2) is 9.84. The van der Waals surface area contributed by atoms with Gasteiger partial charge in [-0.25, -0.2) is 4.98 Å². The van der Waals surface area contributed by atoms with Gasteiger partial charge in [0.05, 0.1) is 40.3 Å². The van der Waals surface area contributed by atoms with Crippen molar-refractivity contribution in [3.63, 3.8) is 0 Å². The summed E-state index contributed by atoms with van der Waals surface area (Å²) in [7, 11) is 6.09. The zero-order valence-corrected chi connectivity index (χ0v) is 19.9. The standard InChI is InChI=1S/C24H23N3O6S/c1-30-16-7-5-14(6-8-16)17-12-34-23-21(17)25-13-27(24(23)29)11-20(28)26-15-9-18(31-2)22(33-4)19(10-15)32-3/h5-10,12-13H,11H2,1-4H3,(H,26,28). The van der Waals surface area contributed by atoms with Gasteiger partial charge in [0.25, 0.3) is 5.56 Å². The van der Waals surface area contributed by atoms with Gasteiger partial charge in [-0.1, -0.05) is 12.1 Å². The molecule has 2 aromatic heterocycles. The molecule has 4 aromatic rings. The fraction of sp³-hybridized carbons (Fsp3) is 0.208. The fourth-order valence-corrected chi connectivity index (χ4v) is 4.51. The van der Waals surface area contributed by atoms with Crippen LogP contribution in [0.1, 0.15) is 0 Å². The smallest absolute Gasteiger partial charge is 0.271 e. The van der Waals surface area contributed by atoms with Crippen molar-refractivity contribution in [1.29, 1.82) is 0 Å². The number of anilines is 1. The molecule has 0 fully saturated rings. The summed E-state index contributed by atoms with van der Waals surface area (Å²) in [6, 6.07) is 10.8. The number of nitrogens with zero attached hydrogens (tertiary/aromatic N) is 2. The lowest BCUT2D eigenvalue weighted by molar-refractivity contribution is -0.116. The van der Waals surface area contributed by atoms with Crippen molar-refractivity contribution in [3.8, 4) is 34.1 Å². The molecule has 34 heavy (non-hydrogen) atoms. The highest BCUT2D eigenvalue weighted by molar-refractivity contribution is 7.17. The third-order valence-corrected chi connectivity index (χ3v) is 6.17. The maximum atomic E-state index is 13.0. The van der Waals surface area contributed by atoms with Crippen LogP contribution in [0, 0.1) is 0 Å². The molecule has 2 heterocycles. The summed E-state index contributed by atoms with van der Waals surface area (Å²) in [6.45, 7) is -0.200. The van der Waals surface area contributed by atoms with Crippen LogP contribution >= 0.6 is 11.3 Å². The van der Waals surface area contributed by atoms with Gasteiger partial charge < -0.3 is 24.3 Å². The lowest BCUT2D eigenvalue weighted by Crippen LogP contribution is -2.27. The van der Waals surface area contributed by atoms with Crippen LogP contribution in [-0.2, 0) is 11.3 Å². The molecule has 0 aliphatic rings. The first-order valence-corrected chi connectivity index (χ1v) is 11.1. The minimum absolute atomic E-state index is 0.200. The van der Waals surface area contributed by atoms with E-state index in [9.17, 15) is 9.59 Å². The van der Waals surface area contributed by atoms with Crippen molar-refractivity contribution in [2.24, 2.45) is 0 Å². The number of thiophene rings is 1. The highest BCUT2D eigenvalue weighted by atomic mass is 32.1. The largest absolute Gasteiger partial charge is 0.497 e. The molecule has 1 amide bonds. The number of aromatic nitrogens is 2. The Morgan fingerprint density at radius 3 is 2.26 bits per heavy atom. The molecule has 0 aliphatic carbocycles. The lowest BCUT2D eigenvalue weighted by Gasteiger charge is -2.14. The van der Waals surface area contributed by atoms with Gasteiger partial charge in [-0.15, -0.1) is 11.3 Å². The van der Waals surface area contributed by atoms with Gasteiger partial charge >= 0.3 is 0 Å². The monoisotopic (exact) mass is 481 g/mol. The van der Waals surface area contributed by atoms with Crippen molar-refractivity contribution in [3.05, 3.63) is 58.5 Å².